The molecule has 1 N–H and O–H groups in total. The Morgan fingerprint density at radius 2 is 2.10 bits per heavy atom. The Bertz CT molecular complexity index is 338. The highest BCUT2D eigenvalue weighted by atomic mass is 16.5. The van der Waals surface area contributed by atoms with Crippen LogP contribution in [-0.2, 0) is 9.53 Å². The molecule has 2 aliphatic rings. The van der Waals surface area contributed by atoms with Crippen LogP contribution in [0.3, 0.4) is 0 Å². The van der Waals surface area contributed by atoms with Crippen molar-refractivity contribution in [3.05, 3.63) is 0 Å². The molecule has 4 heteroatoms. The summed E-state index contributed by atoms with van der Waals surface area (Å²) in [5, 5.41) is 3.51. The molecule has 0 radical (unpaired) electrons. The molecule has 0 bridgehead atoms. The molecule has 2 fully saturated rings. The van der Waals surface area contributed by atoms with Crippen molar-refractivity contribution in [3.63, 3.8) is 0 Å². The van der Waals surface area contributed by atoms with Crippen LogP contribution >= 0.6 is 0 Å². The third-order valence-electron chi connectivity index (χ3n) is 5.29. The second kappa shape index (κ2) is 7.59. The molecule has 0 aromatic rings. The minimum absolute atomic E-state index is 0.143. The lowest BCUT2D eigenvalue weighted by atomic mass is 9.68. The number of nitrogens with one attached hydrogen (secondary N) is 1. The minimum atomic E-state index is 0.143. The highest BCUT2D eigenvalue weighted by Gasteiger charge is 2.39. The Morgan fingerprint density at radius 1 is 1.29 bits per heavy atom. The van der Waals surface area contributed by atoms with Crippen LogP contribution in [0.25, 0.3) is 0 Å². The summed E-state index contributed by atoms with van der Waals surface area (Å²) in [7, 11) is 1.71. The first-order valence-electron chi connectivity index (χ1n) is 8.55. The maximum atomic E-state index is 13.1. The highest BCUT2D eigenvalue weighted by molar-refractivity contribution is 5.79. The molecule has 1 saturated heterocycles. The maximum Gasteiger partial charge on any atom is 0.226 e. The van der Waals surface area contributed by atoms with Gasteiger partial charge in [-0.3, -0.25) is 4.79 Å². The molecule has 2 unspecified atom stereocenters. The van der Waals surface area contributed by atoms with Crippen molar-refractivity contribution >= 4 is 5.91 Å². The topological polar surface area (TPSA) is 41.6 Å². The SMILES string of the molecule is COCCN(CC1CCCN1)C(=O)C1CCCCC1(C)C. The first-order chi connectivity index (χ1) is 10.0. The molecule has 0 aromatic carbocycles. The van der Waals surface area contributed by atoms with Gasteiger partial charge in [-0.05, 0) is 37.6 Å². The molecular weight excluding hydrogens is 264 g/mol. The highest BCUT2D eigenvalue weighted by Crippen LogP contribution is 2.41. The smallest absolute Gasteiger partial charge is 0.226 e. The molecule has 4 nitrogen and oxygen atoms in total. The third kappa shape index (κ3) is 4.43. The van der Waals surface area contributed by atoms with Crippen LogP contribution in [0, 0.1) is 11.3 Å². The van der Waals surface area contributed by atoms with Gasteiger partial charge in [0, 0.05) is 32.2 Å². The van der Waals surface area contributed by atoms with E-state index in [0.717, 1.165) is 26.1 Å². The van der Waals surface area contributed by atoms with E-state index in [1.807, 2.05) is 0 Å². The van der Waals surface area contributed by atoms with Gasteiger partial charge < -0.3 is 15.0 Å². The summed E-state index contributed by atoms with van der Waals surface area (Å²) < 4.78 is 5.21. The average Bonchev–Trinajstić information content (AvgIpc) is 2.95. The van der Waals surface area contributed by atoms with Crippen LogP contribution in [0.5, 0.6) is 0 Å². The first-order valence-corrected chi connectivity index (χ1v) is 8.55. The van der Waals surface area contributed by atoms with E-state index in [0.29, 0.717) is 18.6 Å². The largest absolute Gasteiger partial charge is 0.383 e. The fraction of sp³-hybridized carbons (Fsp3) is 0.941. The molecule has 1 saturated carbocycles. The second-order valence-corrected chi connectivity index (χ2v) is 7.36. The molecule has 21 heavy (non-hydrogen) atoms. The lowest BCUT2D eigenvalue weighted by Crippen LogP contribution is -2.48. The maximum absolute atomic E-state index is 13.1. The number of methoxy groups -OCH3 is 1. The number of hydrogen-bond acceptors (Lipinski definition) is 3. The third-order valence-corrected chi connectivity index (χ3v) is 5.29. The van der Waals surface area contributed by atoms with Crippen LogP contribution in [0.2, 0.25) is 0 Å². The summed E-state index contributed by atoms with van der Waals surface area (Å²) in [4.78, 5) is 15.1. The number of nitrogens with zero attached hydrogens (tertiary/aromatic N) is 1. The van der Waals surface area contributed by atoms with Gasteiger partial charge >= 0.3 is 0 Å². The number of hydrogen-bond donors (Lipinski definition) is 1. The number of ether oxygens (including phenoxy) is 1. The fourth-order valence-electron chi connectivity index (χ4n) is 3.84. The minimum Gasteiger partial charge on any atom is -0.383 e. The predicted octanol–water partition coefficient (Wildman–Crippen LogP) is 2.43. The van der Waals surface area contributed by atoms with Crippen LogP contribution < -0.4 is 5.32 Å². The van der Waals surface area contributed by atoms with E-state index in [1.54, 1.807) is 7.11 Å². The van der Waals surface area contributed by atoms with Gasteiger partial charge in [0.1, 0.15) is 0 Å². The Balaban J connectivity index is 2.01. The molecule has 1 aliphatic heterocycles. The number of carbonyl (C=O) groups is 1. The van der Waals surface area contributed by atoms with Crippen LogP contribution in [0.15, 0.2) is 0 Å². The van der Waals surface area contributed by atoms with E-state index in [2.05, 4.69) is 24.1 Å². The normalized spacial score (nSPS) is 28.5. The lowest BCUT2D eigenvalue weighted by Gasteiger charge is -2.40. The molecule has 1 aliphatic carbocycles. The van der Waals surface area contributed by atoms with E-state index < -0.39 is 0 Å². The molecule has 1 heterocycles. The zero-order valence-corrected chi connectivity index (χ0v) is 14.0. The van der Waals surface area contributed by atoms with E-state index in [-0.39, 0.29) is 11.3 Å². The van der Waals surface area contributed by atoms with Crippen molar-refractivity contribution < 1.29 is 9.53 Å². The van der Waals surface area contributed by atoms with Gasteiger partial charge in [0.05, 0.1) is 6.61 Å². The summed E-state index contributed by atoms with van der Waals surface area (Å²) in [6, 6.07) is 0.470. The number of carbonyl (C=O) groups excluding carboxylic acids is 1. The average molecular weight is 296 g/mol. The zero-order chi connectivity index (χ0) is 15.3. The van der Waals surface area contributed by atoms with Crippen molar-refractivity contribution in [2.75, 3.05) is 33.4 Å². The van der Waals surface area contributed by atoms with Crippen molar-refractivity contribution in [3.8, 4) is 0 Å². The molecule has 0 spiro atoms. The van der Waals surface area contributed by atoms with E-state index in [9.17, 15) is 4.79 Å². The van der Waals surface area contributed by atoms with Crippen molar-refractivity contribution in [1.82, 2.24) is 10.2 Å². The molecule has 122 valence electrons. The van der Waals surface area contributed by atoms with Crippen LogP contribution in [0.1, 0.15) is 52.4 Å². The van der Waals surface area contributed by atoms with Gasteiger partial charge in [0.15, 0.2) is 0 Å². The molecular formula is C17H32N2O2. The Labute approximate surface area is 129 Å². The van der Waals surface area contributed by atoms with Crippen LogP contribution in [0.4, 0.5) is 0 Å². The lowest BCUT2D eigenvalue weighted by molar-refractivity contribution is -0.142. The van der Waals surface area contributed by atoms with Crippen LogP contribution in [-0.4, -0.2) is 50.2 Å². The van der Waals surface area contributed by atoms with Crippen molar-refractivity contribution in [2.24, 2.45) is 11.3 Å². The van der Waals surface area contributed by atoms with E-state index in [4.69, 9.17) is 4.74 Å². The van der Waals surface area contributed by atoms with Crippen molar-refractivity contribution in [2.45, 2.75) is 58.4 Å². The Morgan fingerprint density at radius 3 is 2.71 bits per heavy atom. The van der Waals surface area contributed by atoms with Gasteiger partial charge in [-0.2, -0.15) is 0 Å². The van der Waals surface area contributed by atoms with Gasteiger partial charge in [-0.15, -0.1) is 0 Å². The van der Waals surface area contributed by atoms with E-state index >= 15 is 0 Å². The summed E-state index contributed by atoms with van der Waals surface area (Å²) in [5.74, 6) is 0.537. The summed E-state index contributed by atoms with van der Waals surface area (Å²) >= 11 is 0. The molecule has 0 aromatic heterocycles. The van der Waals surface area contributed by atoms with Gasteiger partial charge in [-0.1, -0.05) is 26.7 Å². The monoisotopic (exact) mass is 296 g/mol. The molecule has 1 amide bonds. The Kier molecular flexibility index (Phi) is 6.06. The van der Waals surface area contributed by atoms with Gasteiger partial charge in [0.25, 0.3) is 0 Å². The standard InChI is InChI=1S/C17H32N2O2/c1-17(2)9-5-4-8-15(17)16(20)19(11-12-21-3)13-14-7-6-10-18-14/h14-15,18H,4-13H2,1-3H3. The number of rotatable bonds is 6. The van der Waals surface area contributed by atoms with Crippen molar-refractivity contribution in [1.29, 1.82) is 0 Å². The molecule has 2 atom stereocenters. The summed E-state index contributed by atoms with van der Waals surface area (Å²) in [6.45, 7) is 7.81. The number of amides is 1. The zero-order valence-electron chi connectivity index (χ0n) is 14.0. The fourth-order valence-corrected chi connectivity index (χ4v) is 3.84. The quantitative estimate of drug-likeness (QED) is 0.818. The first kappa shape index (κ1) is 16.8. The predicted molar refractivity (Wildman–Crippen MR) is 85.2 cm³/mol. The summed E-state index contributed by atoms with van der Waals surface area (Å²) in [5.41, 5.74) is 0.143. The van der Waals surface area contributed by atoms with Gasteiger partial charge in [-0.25, -0.2) is 0 Å². The molecule has 2 rings (SSSR count). The van der Waals surface area contributed by atoms with E-state index in [1.165, 1.54) is 32.1 Å². The second-order valence-electron chi connectivity index (χ2n) is 7.36. The summed E-state index contributed by atoms with van der Waals surface area (Å²) in [6.07, 6.45) is 7.09. The Hall–Kier alpha value is -0.610. The van der Waals surface area contributed by atoms with Gasteiger partial charge in [0.2, 0.25) is 5.91 Å².